The predicted molar refractivity (Wildman–Crippen MR) is 154 cm³/mol. The topological polar surface area (TPSA) is 0 Å². The van der Waals surface area contributed by atoms with E-state index in [1.54, 1.807) is 0 Å². The molecule has 0 aromatic heterocycles. The van der Waals surface area contributed by atoms with Gasteiger partial charge in [0.2, 0.25) is 0 Å². The van der Waals surface area contributed by atoms with Crippen molar-refractivity contribution in [1.29, 1.82) is 0 Å². The average molecular weight is 582 g/mol. The van der Waals surface area contributed by atoms with Crippen LogP contribution >= 0.6 is 0 Å². The fourth-order valence-electron chi connectivity index (χ4n) is 3.34. The molecule has 0 atom stereocenters. The van der Waals surface area contributed by atoms with Crippen LogP contribution in [0.4, 0.5) is 0 Å². The molecule has 0 heterocycles. The Morgan fingerprint density at radius 1 is 0.355 bits per heavy atom. The Labute approximate surface area is 225 Å². The molecule has 0 saturated carbocycles. The Bertz CT molecular complexity index is 205. The molecule has 0 fully saturated rings. The molecule has 0 nitrogen and oxygen atoms in total. The van der Waals surface area contributed by atoms with Crippen molar-refractivity contribution in [2.75, 3.05) is 11.5 Å². The first-order chi connectivity index (χ1) is 15.2. The second-order valence-electron chi connectivity index (χ2n) is 8.85. The van der Waals surface area contributed by atoms with Gasteiger partial charge < -0.3 is 25.3 Å². The van der Waals surface area contributed by atoms with Gasteiger partial charge in [-0.15, -0.1) is 0 Å². The molecule has 0 aliphatic heterocycles. The molecule has 0 unspecified atom stereocenters. The summed E-state index contributed by atoms with van der Waals surface area (Å²) in [5.74, 6) is 1.91. The van der Waals surface area contributed by atoms with Gasteiger partial charge in [0.15, 0.2) is 0 Å². The molecule has 0 aromatic rings. The average Bonchev–Trinajstić information content (AvgIpc) is 2.78. The van der Waals surface area contributed by atoms with Gasteiger partial charge in [-0.05, 0) is 0 Å². The third-order valence-electron chi connectivity index (χ3n) is 5.51. The van der Waals surface area contributed by atoms with Crippen LogP contribution in [-0.2, 0) is 25.3 Å². The number of hydrogen-bond donors (Lipinski definition) is 0. The van der Waals surface area contributed by atoms with Crippen molar-refractivity contribution in [3.05, 3.63) is 0 Å². The number of rotatable bonds is 22. The first-order valence-electron chi connectivity index (χ1n) is 14.0. The van der Waals surface area contributed by atoms with Crippen molar-refractivity contribution in [2.24, 2.45) is 0 Å². The van der Waals surface area contributed by atoms with Gasteiger partial charge in [-0.1, -0.05) is 142 Å². The summed E-state index contributed by atoms with van der Waals surface area (Å²) in [6.07, 6.45) is 30.8. The minimum atomic E-state index is 0.955. The first-order valence-corrected chi connectivity index (χ1v) is 17.0. The summed E-state index contributed by atoms with van der Waals surface area (Å²) < 4.78 is 1.39. The van der Waals surface area contributed by atoms with Crippen molar-refractivity contribution in [3.8, 4) is 0 Å². The summed E-state index contributed by atoms with van der Waals surface area (Å²) in [5.41, 5.74) is 0. The van der Waals surface area contributed by atoms with Crippen molar-refractivity contribution >= 4 is 48.3 Å². The van der Waals surface area contributed by atoms with Crippen LogP contribution < -0.4 is 0 Å². The normalized spacial score (nSPS) is 10.2. The second kappa shape index (κ2) is 41.7. The Morgan fingerprint density at radius 2 is 0.581 bits per heavy atom. The Balaban J connectivity index is -0.000000416. The van der Waals surface area contributed by atoms with Gasteiger partial charge in [-0.25, -0.2) is 0 Å². The van der Waals surface area contributed by atoms with E-state index in [1.165, 1.54) is 146 Å². The van der Waals surface area contributed by atoms with Crippen molar-refractivity contribution in [2.45, 2.75) is 166 Å². The van der Waals surface area contributed by atoms with Crippen LogP contribution in [0.5, 0.6) is 0 Å². The van der Waals surface area contributed by atoms with Gasteiger partial charge in [0.25, 0.3) is 0 Å². The fraction of sp³-hybridized carbons (Fsp3) is 1.00. The Morgan fingerprint density at radius 3 is 0.742 bits per heavy atom. The zero-order valence-electron chi connectivity index (χ0n) is 21.9. The molecular weight excluding hydrogens is 522 g/mol. The molecule has 0 aliphatic carbocycles. The molecule has 0 saturated heterocycles. The predicted octanol–water partition coefficient (Wildman–Crippen LogP) is 10.3. The van der Waals surface area contributed by atoms with E-state index in [-0.39, 0.29) is 0 Å². The third kappa shape index (κ3) is 49.7. The monoisotopic (exact) mass is 580 g/mol. The third-order valence-corrected chi connectivity index (χ3v) is 6.99. The number of unbranched alkanes of at least 4 members (excludes halogenated alkanes) is 19. The van der Waals surface area contributed by atoms with E-state index in [9.17, 15) is 0 Å². The van der Waals surface area contributed by atoms with Gasteiger partial charge in [0.1, 0.15) is 0 Å². The zero-order chi connectivity index (χ0) is 23.7. The van der Waals surface area contributed by atoms with E-state index in [0.717, 1.165) is 11.5 Å². The van der Waals surface area contributed by atoms with Crippen molar-refractivity contribution in [1.82, 2.24) is 0 Å². The standard InChI is InChI=1S/2C12H26S.C4H9.Sb/c2*1-2-3-4-5-6-7-8-9-10-11-12-13;1-3-4-2;/h2*13H,2-12H2,1H3;1,3-4H2,2H3;/q;;;+2/p-2. The molecule has 0 N–H and O–H groups in total. The van der Waals surface area contributed by atoms with Crippen LogP contribution in [-0.4, -0.2) is 34.5 Å². The molecule has 0 aliphatic rings. The summed E-state index contributed by atoms with van der Waals surface area (Å²) in [7, 11) is 0. The van der Waals surface area contributed by atoms with Crippen molar-refractivity contribution < 1.29 is 0 Å². The summed E-state index contributed by atoms with van der Waals surface area (Å²) in [4.78, 5) is 0. The van der Waals surface area contributed by atoms with E-state index >= 15 is 0 Å². The molecule has 188 valence electrons. The van der Waals surface area contributed by atoms with E-state index < -0.39 is 0 Å². The van der Waals surface area contributed by atoms with E-state index in [2.05, 4.69) is 20.8 Å². The van der Waals surface area contributed by atoms with E-state index in [0.29, 0.717) is 0 Å². The molecular formula is C28H59S2Sb. The summed E-state index contributed by atoms with van der Waals surface area (Å²) in [5, 5.41) is 0. The van der Waals surface area contributed by atoms with Gasteiger partial charge in [0, 0.05) is 0 Å². The van der Waals surface area contributed by atoms with Crippen LogP contribution in [0.15, 0.2) is 0 Å². The summed E-state index contributed by atoms with van der Waals surface area (Å²) >= 11 is 11.7. The molecule has 31 heavy (non-hydrogen) atoms. The quantitative estimate of drug-likeness (QED) is 0.0709. The molecule has 0 rings (SSSR count). The summed E-state index contributed by atoms with van der Waals surface area (Å²) in [6.45, 7) is 6.77. The molecule has 0 bridgehead atoms. The van der Waals surface area contributed by atoms with Crippen LogP contribution in [0.2, 0.25) is 4.37 Å². The van der Waals surface area contributed by atoms with E-state index in [1.807, 2.05) is 23.0 Å². The maximum absolute atomic E-state index is 4.90. The Kier molecular flexibility index (Phi) is 49.9. The minimum absolute atomic E-state index is 0.955. The van der Waals surface area contributed by atoms with Gasteiger partial charge >= 0.3 is 47.2 Å². The van der Waals surface area contributed by atoms with Crippen LogP contribution in [0.1, 0.15) is 162 Å². The number of hydrogen-bond acceptors (Lipinski definition) is 2. The molecule has 0 aromatic carbocycles. The van der Waals surface area contributed by atoms with Gasteiger partial charge in [0.05, 0.1) is 0 Å². The molecule has 0 spiro atoms. The molecule has 3 heteroatoms. The van der Waals surface area contributed by atoms with Crippen LogP contribution in [0.25, 0.3) is 0 Å². The molecule has 0 amide bonds. The van der Waals surface area contributed by atoms with Crippen LogP contribution in [0.3, 0.4) is 0 Å². The van der Waals surface area contributed by atoms with Gasteiger partial charge in [-0.2, -0.15) is 11.5 Å². The van der Waals surface area contributed by atoms with E-state index in [4.69, 9.17) is 25.3 Å². The van der Waals surface area contributed by atoms with Gasteiger partial charge in [-0.3, -0.25) is 0 Å². The maximum atomic E-state index is 4.90. The van der Waals surface area contributed by atoms with Crippen LogP contribution in [0, 0.1) is 0 Å². The fourth-order valence-corrected chi connectivity index (χ4v) is 4.65. The summed E-state index contributed by atoms with van der Waals surface area (Å²) in [6, 6.07) is 0. The SMILES string of the molecule is CCCCCCCCCCCC[S-].CCCCCCCCCCCC[S-].CCC[CH2][Sb+2]. The first kappa shape index (κ1) is 37.1. The second-order valence-corrected chi connectivity index (χ2v) is 10.9. The molecule has 2 radical (unpaired) electrons. The Hall–Kier alpha value is 1.52. The zero-order valence-corrected chi connectivity index (χ0v) is 26.1. The van der Waals surface area contributed by atoms with Crippen molar-refractivity contribution in [3.63, 3.8) is 0 Å².